The van der Waals surface area contributed by atoms with Crippen LogP contribution < -0.4 is 5.32 Å². The number of hydrogen-bond acceptors (Lipinski definition) is 4. The van der Waals surface area contributed by atoms with Crippen LogP contribution in [0.15, 0.2) is 45.7 Å². The summed E-state index contributed by atoms with van der Waals surface area (Å²) < 4.78 is 30.1. The number of carbonyl (C=O) groups excluding carboxylic acids is 2. The number of fused-ring (bicyclic) bond motifs is 1. The van der Waals surface area contributed by atoms with Gasteiger partial charge < -0.3 is 15.1 Å². The Morgan fingerprint density at radius 3 is 2.63 bits per heavy atom. The van der Waals surface area contributed by atoms with Crippen LogP contribution in [0.25, 0.3) is 0 Å². The first kappa shape index (κ1) is 25.2. The Morgan fingerprint density at radius 2 is 1.97 bits per heavy atom. The number of benzene rings is 2. The van der Waals surface area contributed by atoms with Crippen molar-refractivity contribution in [1.29, 1.82) is 0 Å². The standard InChI is InChI=1S/C25H29ClN4O4S/c1-29(2)16-27-35(33,34)23-14-20(28-24(31)13-18-6-3-4-9-22(18)26)12-19-15-30(11-10-21(19)23)25(32)17-7-5-8-17/h3-4,6,9,12,14,16-17H,5,7-8,10-11,13,15H2,1-2H3,(H,28,31). The zero-order chi connectivity index (χ0) is 25.2. The fraction of sp³-hybridized carbons (Fsp3) is 0.400. The lowest BCUT2D eigenvalue weighted by molar-refractivity contribution is -0.139. The van der Waals surface area contributed by atoms with E-state index in [-0.39, 0.29) is 29.0 Å². The Morgan fingerprint density at radius 1 is 1.23 bits per heavy atom. The first-order valence-corrected chi connectivity index (χ1v) is 13.4. The molecule has 1 fully saturated rings. The molecule has 186 valence electrons. The summed E-state index contributed by atoms with van der Waals surface area (Å²) in [6, 6.07) is 10.3. The third-order valence-electron chi connectivity index (χ3n) is 6.35. The largest absolute Gasteiger partial charge is 0.368 e. The second-order valence-electron chi connectivity index (χ2n) is 9.23. The molecule has 2 aromatic carbocycles. The second-order valence-corrected chi connectivity index (χ2v) is 11.2. The van der Waals surface area contributed by atoms with E-state index in [4.69, 9.17) is 11.6 Å². The van der Waals surface area contributed by atoms with Crippen LogP contribution in [0.1, 0.15) is 36.0 Å². The van der Waals surface area contributed by atoms with Crippen molar-refractivity contribution in [2.45, 2.75) is 43.5 Å². The summed E-state index contributed by atoms with van der Waals surface area (Å²) in [5.74, 6) is -0.149. The van der Waals surface area contributed by atoms with Crippen molar-refractivity contribution < 1.29 is 18.0 Å². The molecule has 10 heteroatoms. The van der Waals surface area contributed by atoms with E-state index in [9.17, 15) is 18.0 Å². The minimum atomic E-state index is -4.02. The van der Waals surface area contributed by atoms with Crippen LogP contribution in [-0.4, -0.2) is 57.0 Å². The Hall–Kier alpha value is -2.91. The minimum Gasteiger partial charge on any atom is -0.368 e. The van der Waals surface area contributed by atoms with Crippen molar-refractivity contribution in [1.82, 2.24) is 9.80 Å². The average Bonchev–Trinajstić information content (AvgIpc) is 2.77. The van der Waals surface area contributed by atoms with Gasteiger partial charge in [0.2, 0.25) is 11.8 Å². The molecule has 8 nitrogen and oxygen atoms in total. The average molecular weight is 517 g/mol. The molecule has 2 aliphatic rings. The predicted octanol–water partition coefficient (Wildman–Crippen LogP) is 3.48. The molecule has 1 aliphatic carbocycles. The molecule has 0 aromatic heterocycles. The van der Waals surface area contributed by atoms with Crippen molar-refractivity contribution in [2.24, 2.45) is 10.3 Å². The lowest BCUT2D eigenvalue weighted by Crippen LogP contribution is -2.42. The number of nitrogens with one attached hydrogen (secondary N) is 1. The number of hydrogen-bond donors (Lipinski definition) is 1. The van der Waals surface area contributed by atoms with Crippen molar-refractivity contribution >= 4 is 45.5 Å². The molecular weight excluding hydrogens is 488 g/mol. The third-order valence-corrected chi connectivity index (χ3v) is 8.01. The summed E-state index contributed by atoms with van der Waals surface area (Å²) in [5, 5.41) is 3.29. The van der Waals surface area contributed by atoms with E-state index in [2.05, 4.69) is 9.71 Å². The maximum Gasteiger partial charge on any atom is 0.284 e. The van der Waals surface area contributed by atoms with Crippen LogP contribution in [-0.2, 0) is 39.0 Å². The maximum atomic E-state index is 13.1. The van der Waals surface area contributed by atoms with E-state index in [0.717, 1.165) is 19.3 Å². The number of rotatable bonds is 7. The summed E-state index contributed by atoms with van der Waals surface area (Å²) >= 11 is 6.18. The van der Waals surface area contributed by atoms with Gasteiger partial charge in [0, 0.05) is 43.8 Å². The van der Waals surface area contributed by atoms with E-state index in [1.54, 1.807) is 49.3 Å². The summed E-state index contributed by atoms with van der Waals surface area (Å²) in [4.78, 5) is 29.0. The molecule has 2 aromatic rings. The highest BCUT2D eigenvalue weighted by atomic mass is 35.5. The molecule has 0 bridgehead atoms. The fourth-order valence-corrected chi connectivity index (χ4v) is 5.75. The molecule has 2 amide bonds. The van der Waals surface area contributed by atoms with Gasteiger partial charge in [0.1, 0.15) is 6.34 Å². The van der Waals surface area contributed by atoms with E-state index in [1.165, 1.54) is 17.3 Å². The predicted molar refractivity (Wildman–Crippen MR) is 136 cm³/mol. The highest BCUT2D eigenvalue weighted by molar-refractivity contribution is 7.90. The Bertz CT molecular complexity index is 1270. The topological polar surface area (TPSA) is 99.2 Å². The number of anilines is 1. The summed E-state index contributed by atoms with van der Waals surface area (Å²) in [6.45, 7) is 0.763. The molecule has 1 N–H and O–H groups in total. The molecule has 0 radical (unpaired) electrons. The van der Waals surface area contributed by atoms with Gasteiger partial charge in [0.15, 0.2) is 0 Å². The van der Waals surface area contributed by atoms with E-state index >= 15 is 0 Å². The quantitative estimate of drug-likeness (QED) is 0.448. The summed E-state index contributed by atoms with van der Waals surface area (Å²) in [7, 11) is -0.648. The molecule has 35 heavy (non-hydrogen) atoms. The minimum absolute atomic E-state index is 0.0456. The first-order valence-electron chi connectivity index (χ1n) is 11.6. The number of halogens is 1. The van der Waals surface area contributed by atoms with Gasteiger partial charge in [0.05, 0.1) is 11.3 Å². The number of amides is 2. The second kappa shape index (κ2) is 10.4. The van der Waals surface area contributed by atoms with E-state index < -0.39 is 10.0 Å². The van der Waals surface area contributed by atoms with Crippen LogP contribution in [0.3, 0.4) is 0 Å². The van der Waals surface area contributed by atoms with E-state index in [0.29, 0.717) is 46.9 Å². The van der Waals surface area contributed by atoms with Crippen molar-refractivity contribution in [3.63, 3.8) is 0 Å². The summed E-state index contributed by atoms with van der Waals surface area (Å²) in [5.41, 5.74) is 2.36. The molecule has 1 saturated carbocycles. The number of sulfonamides is 1. The van der Waals surface area contributed by atoms with Crippen molar-refractivity contribution in [3.8, 4) is 0 Å². The zero-order valence-electron chi connectivity index (χ0n) is 19.8. The molecule has 1 aliphatic heterocycles. The molecular formula is C25H29ClN4O4S. The smallest absolute Gasteiger partial charge is 0.284 e. The van der Waals surface area contributed by atoms with Gasteiger partial charge in [-0.1, -0.05) is 36.2 Å². The highest BCUT2D eigenvalue weighted by Crippen LogP contribution is 2.34. The third kappa shape index (κ3) is 5.85. The van der Waals surface area contributed by atoms with Gasteiger partial charge in [-0.05, 0) is 54.2 Å². The summed E-state index contributed by atoms with van der Waals surface area (Å²) in [6.07, 6.45) is 4.56. The lowest BCUT2D eigenvalue weighted by atomic mass is 9.83. The maximum absolute atomic E-state index is 13.1. The van der Waals surface area contributed by atoms with Crippen LogP contribution in [0, 0.1) is 5.92 Å². The Balaban J connectivity index is 1.65. The zero-order valence-corrected chi connectivity index (χ0v) is 21.4. The van der Waals surface area contributed by atoms with Crippen LogP contribution in [0.5, 0.6) is 0 Å². The molecule has 0 atom stereocenters. The van der Waals surface area contributed by atoms with Gasteiger partial charge in [-0.15, -0.1) is 4.40 Å². The lowest BCUT2D eigenvalue weighted by Gasteiger charge is -2.35. The first-order chi connectivity index (χ1) is 16.6. The van der Waals surface area contributed by atoms with Gasteiger partial charge >= 0.3 is 0 Å². The van der Waals surface area contributed by atoms with Gasteiger partial charge in [-0.2, -0.15) is 8.42 Å². The number of carbonyl (C=O) groups is 2. The van der Waals surface area contributed by atoms with Crippen LogP contribution in [0.4, 0.5) is 5.69 Å². The normalized spacial score (nSPS) is 16.0. The van der Waals surface area contributed by atoms with E-state index in [1.807, 2.05) is 0 Å². The fourth-order valence-electron chi connectivity index (χ4n) is 4.30. The van der Waals surface area contributed by atoms with Gasteiger partial charge in [0.25, 0.3) is 10.0 Å². The Kier molecular flexibility index (Phi) is 7.47. The number of nitrogens with zero attached hydrogens (tertiary/aromatic N) is 3. The SMILES string of the molecule is CN(C)C=NS(=O)(=O)c1cc(NC(=O)Cc2ccccc2Cl)cc2c1CCN(C(=O)C1CCC1)C2. The Labute approximate surface area is 211 Å². The molecule has 0 unspecified atom stereocenters. The van der Waals surface area contributed by atoms with Crippen molar-refractivity contribution in [3.05, 3.63) is 58.1 Å². The van der Waals surface area contributed by atoms with Gasteiger partial charge in [-0.25, -0.2) is 0 Å². The molecule has 4 rings (SSSR count). The van der Waals surface area contributed by atoms with Crippen LogP contribution >= 0.6 is 11.6 Å². The van der Waals surface area contributed by atoms with Gasteiger partial charge in [-0.3, -0.25) is 9.59 Å². The molecule has 1 heterocycles. The monoisotopic (exact) mass is 516 g/mol. The molecule has 0 saturated heterocycles. The highest BCUT2D eigenvalue weighted by Gasteiger charge is 2.33. The molecule has 0 spiro atoms. The van der Waals surface area contributed by atoms with Crippen LogP contribution in [0.2, 0.25) is 5.02 Å². The van der Waals surface area contributed by atoms with Crippen molar-refractivity contribution in [2.75, 3.05) is 26.0 Å².